The molecular formula is C26H36O10. The van der Waals surface area contributed by atoms with E-state index in [9.17, 15) is 24.3 Å². The molecule has 1 unspecified atom stereocenters. The molecule has 0 amide bonds. The van der Waals surface area contributed by atoms with Crippen LogP contribution in [0.3, 0.4) is 0 Å². The number of esters is 4. The normalized spacial score (nSPS) is 39.9. The molecule has 0 bridgehead atoms. The summed E-state index contributed by atoms with van der Waals surface area (Å²) in [5, 5.41) is 11.2. The number of hydrogen-bond acceptors (Lipinski definition) is 10. The van der Waals surface area contributed by atoms with Crippen LogP contribution in [0.15, 0.2) is 11.6 Å². The summed E-state index contributed by atoms with van der Waals surface area (Å²) in [4.78, 5) is 48.2. The molecular weight excluding hydrogens is 472 g/mol. The molecule has 4 rings (SSSR count). The van der Waals surface area contributed by atoms with Crippen molar-refractivity contribution >= 4 is 23.9 Å². The van der Waals surface area contributed by atoms with Crippen molar-refractivity contribution in [3.8, 4) is 0 Å². The number of fused-ring (bicyclic) bond motifs is 2. The Morgan fingerprint density at radius 2 is 1.83 bits per heavy atom. The summed E-state index contributed by atoms with van der Waals surface area (Å²) in [6.45, 7) is 8.38. The second-order valence-corrected chi connectivity index (χ2v) is 11.1. The predicted octanol–water partition coefficient (Wildman–Crippen LogP) is 1.86. The molecule has 36 heavy (non-hydrogen) atoms. The maximum Gasteiger partial charge on any atom is 0.331 e. The monoisotopic (exact) mass is 508 g/mol. The SMILES string of the molecule is CC(=O)OC[C@@]12C([C@H](OC(C)=O)CC[C@]13CO3)[C@@](C)(C[C@H](O)C1=CC(=O)OC1)[C@H](C)C[C@@H]2OC(C)=O. The van der Waals surface area contributed by atoms with E-state index in [1.807, 2.05) is 13.8 Å². The Hall–Kier alpha value is -2.46. The summed E-state index contributed by atoms with van der Waals surface area (Å²) in [5.74, 6) is -2.47. The second-order valence-electron chi connectivity index (χ2n) is 11.1. The average molecular weight is 509 g/mol. The highest BCUT2D eigenvalue weighted by Gasteiger charge is 2.77. The van der Waals surface area contributed by atoms with Gasteiger partial charge in [-0.25, -0.2) is 4.79 Å². The van der Waals surface area contributed by atoms with E-state index in [0.29, 0.717) is 31.4 Å². The van der Waals surface area contributed by atoms with Crippen LogP contribution in [0.2, 0.25) is 0 Å². The fourth-order valence-corrected chi connectivity index (χ4v) is 7.19. The topological polar surface area (TPSA) is 138 Å². The molecule has 1 N–H and O–H groups in total. The van der Waals surface area contributed by atoms with Gasteiger partial charge in [0.1, 0.15) is 31.0 Å². The minimum absolute atomic E-state index is 0.0181. The number of carbonyl (C=O) groups is 4. The minimum atomic E-state index is -1.000. The maximum absolute atomic E-state index is 12.3. The first-order chi connectivity index (χ1) is 16.8. The third kappa shape index (κ3) is 4.42. The maximum atomic E-state index is 12.3. The molecule has 0 aromatic heterocycles. The fourth-order valence-electron chi connectivity index (χ4n) is 7.19. The lowest BCUT2D eigenvalue weighted by molar-refractivity contribution is -0.258. The van der Waals surface area contributed by atoms with E-state index in [1.165, 1.54) is 26.8 Å². The standard InChI is InChI=1S/C26H36O10/c1-14-8-21(36-17(4)29)26(13-33-15(2)27)23(20(35-16(3)28)6-7-25(26)12-34-25)24(14,5)10-19(30)18-9-22(31)32-11-18/h9,14,19-21,23,30H,6-8,10-13H2,1-5H3/t14-,19+,20-,21+,23?,24+,25+,26-/m1/s1. The first-order valence-corrected chi connectivity index (χ1v) is 12.5. The molecule has 1 saturated heterocycles. The molecule has 0 radical (unpaired) electrons. The molecule has 2 aliphatic carbocycles. The number of aliphatic hydroxyl groups excluding tert-OH is 1. The lowest BCUT2D eigenvalue weighted by atomic mass is 9.42. The van der Waals surface area contributed by atoms with Crippen molar-refractivity contribution in [2.75, 3.05) is 19.8 Å². The number of aliphatic hydroxyl groups is 1. The van der Waals surface area contributed by atoms with Crippen LogP contribution in [0.1, 0.15) is 60.3 Å². The van der Waals surface area contributed by atoms with E-state index >= 15 is 0 Å². The first-order valence-electron chi connectivity index (χ1n) is 12.5. The van der Waals surface area contributed by atoms with Crippen molar-refractivity contribution in [1.29, 1.82) is 0 Å². The quantitative estimate of drug-likeness (QED) is 0.308. The van der Waals surface area contributed by atoms with Gasteiger partial charge in [0, 0.05) is 38.3 Å². The Bertz CT molecular complexity index is 968. The third-order valence-corrected chi connectivity index (χ3v) is 8.96. The van der Waals surface area contributed by atoms with Crippen molar-refractivity contribution < 1.29 is 48.0 Å². The van der Waals surface area contributed by atoms with Gasteiger partial charge in [-0.3, -0.25) is 14.4 Å². The molecule has 10 nitrogen and oxygen atoms in total. The molecule has 200 valence electrons. The van der Waals surface area contributed by atoms with Gasteiger partial charge in [-0.15, -0.1) is 0 Å². The summed E-state index contributed by atoms with van der Waals surface area (Å²) < 4.78 is 28.5. The van der Waals surface area contributed by atoms with Crippen molar-refractivity contribution in [3.63, 3.8) is 0 Å². The number of carbonyl (C=O) groups excluding carboxylic acids is 4. The first kappa shape index (κ1) is 26.6. The Morgan fingerprint density at radius 3 is 2.36 bits per heavy atom. The Balaban J connectivity index is 1.85. The van der Waals surface area contributed by atoms with Gasteiger partial charge in [0.25, 0.3) is 0 Å². The van der Waals surface area contributed by atoms with Gasteiger partial charge in [-0.05, 0) is 37.0 Å². The van der Waals surface area contributed by atoms with Crippen molar-refractivity contribution in [1.82, 2.24) is 0 Å². The highest BCUT2D eigenvalue weighted by atomic mass is 16.6. The second kappa shape index (κ2) is 9.45. The van der Waals surface area contributed by atoms with Crippen LogP contribution in [0.5, 0.6) is 0 Å². The third-order valence-electron chi connectivity index (χ3n) is 8.96. The number of hydrogen-bond donors (Lipinski definition) is 1. The zero-order chi connectivity index (χ0) is 26.5. The van der Waals surface area contributed by atoms with Crippen molar-refractivity contribution in [3.05, 3.63) is 11.6 Å². The van der Waals surface area contributed by atoms with Gasteiger partial charge < -0.3 is 28.8 Å². The fraction of sp³-hybridized carbons (Fsp3) is 0.769. The highest BCUT2D eigenvalue weighted by molar-refractivity contribution is 5.85. The largest absolute Gasteiger partial charge is 0.465 e. The van der Waals surface area contributed by atoms with Crippen LogP contribution in [0.4, 0.5) is 0 Å². The number of cyclic esters (lactones) is 1. The minimum Gasteiger partial charge on any atom is -0.465 e. The van der Waals surface area contributed by atoms with Crippen LogP contribution in [0, 0.1) is 22.7 Å². The lowest BCUT2D eigenvalue weighted by Crippen LogP contribution is -2.71. The Morgan fingerprint density at radius 1 is 1.17 bits per heavy atom. The molecule has 8 atom stereocenters. The number of epoxide rings is 1. The van der Waals surface area contributed by atoms with E-state index in [2.05, 4.69) is 0 Å². The van der Waals surface area contributed by atoms with Crippen LogP contribution in [-0.4, -0.2) is 72.7 Å². The summed E-state index contributed by atoms with van der Waals surface area (Å²) >= 11 is 0. The van der Waals surface area contributed by atoms with Crippen molar-refractivity contribution in [2.24, 2.45) is 22.7 Å². The summed E-state index contributed by atoms with van der Waals surface area (Å²) in [7, 11) is 0. The number of rotatable bonds is 7. The summed E-state index contributed by atoms with van der Waals surface area (Å²) in [6.07, 6.45) is 0.832. The van der Waals surface area contributed by atoms with E-state index in [1.54, 1.807) is 0 Å². The van der Waals surface area contributed by atoms with Gasteiger partial charge in [0.2, 0.25) is 0 Å². The van der Waals surface area contributed by atoms with Crippen LogP contribution < -0.4 is 0 Å². The average Bonchev–Trinajstić information content (AvgIpc) is 3.42. The molecule has 4 aliphatic rings. The van der Waals surface area contributed by atoms with Crippen molar-refractivity contribution in [2.45, 2.75) is 84.2 Å². The lowest BCUT2D eigenvalue weighted by Gasteiger charge is -2.64. The smallest absolute Gasteiger partial charge is 0.331 e. The van der Waals surface area contributed by atoms with E-state index in [-0.39, 0.29) is 25.6 Å². The van der Waals surface area contributed by atoms with Gasteiger partial charge in [-0.2, -0.15) is 0 Å². The zero-order valence-electron chi connectivity index (χ0n) is 21.5. The van der Waals surface area contributed by atoms with Crippen LogP contribution >= 0.6 is 0 Å². The molecule has 2 heterocycles. The molecule has 0 aromatic carbocycles. The summed E-state index contributed by atoms with van der Waals surface area (Å²) in [5.41, 5.74) is -1.91. The number of ether oxygens (including phenoxy) is 5. The van der Waals surface area contributed by atoms with Crippen LogP contribution in [-0.2, 0) is 42.9 Å². The van der Waals surface area contributed by atoms with E-state index in [4.69, 9.17) is 23.7 Å². The summed E-state index contributed by atoms with van der Waals surface area (Å²) in [6, 6.07) is 0. The Labute approximate surface area is 210 Å². The Kier molecular flexibility index (Phi) is 6.98. The molecule has 2 aliphatic heterocycles. The van der Waals surface area contributed by atoms with Crippen LogP contribution in [0.25, 0.3) is 0 Å². The van der Waals surface area contributed by atoms with Gasteiger partial charge in [-0.1, -0.05) is 13.8 Å². The molecule has 10 heteroatoms. The molecule has 3 fully saturated rings. The predicted molar refractivity (Wildman–Crippen MR) is 123 cm³/mol. The van der Waals surface area contributed by atoms with E-state index in [0.717, 1.165) is 0 Å². The molecule has 2 saturated carbocycles. The molecule has 0 aromatic rings. The molecule has 1 spiro atoms. The van der Waals surface area contributed by atoms with Gasteiger partial charge in [0.05, 0.1) is 18.1 Å². The highest BCUT2D eigenvalue weighted by Crippen LogP contribution is 2.69. The van der Waals surface area contributed by atoms with E-state index < -0.39 is 64.5 Å². The van der Waals surface area contributed by atoms with Gasteiger partial charge >= 0.3 is 23.9 Å². The zero-order valence-corrected chi connectivity index (χ0v) is 21.5. The van der Waals surface area contributed by atoms with Gasteiger partial charge in [0.15, 0.2) is 0 Å².